The lowest BCUT2D eigenvalue weighted by atomic mass is 9.96. The summed E-state index contributed by atoms with van der Waals surface area (Å²) in [5, 5.41) is 4.50. The summed E-state index contributed by atoms with van der Waals surface area (Å²) in [6.07, 6.45) is 5.88. The number of amides is 2. The molecule has 1 aromatic carbocycles. The smallest absolute Gasteiger partial charge is 0.410 e. The summed E-state index contributed by atoms with van der Waals surface area (Å²) in [5.41, 5.74) is 0.234. The predicted molar refractivity (Wildman–Crippen MR) is 147 cm³/mol. The van der Waals surface area contributed by atoms with Gasteiger partial charge < -0.3 is 24.6 Å². The zero-order chi connectivity index (χ0) is 27.5. The third kappa shape index (κ3) is 11.4. The van der Waals surface area contributed by atoms with Crippen molar-refractivity contribution >= 4 is 35.2 Å². The average Bonchev–Trinajstić information content (AvgIpc) is 2.75. The van der Waals surface area contributed by atoms with Crippen molar-refractivity contribution in [2.45, 2.75) is 46.3 Å². The number of carbonyl (C=O) groups is 2. The molecule has 0 bridgehead atoms. The Kier molecular flexibility index (Phi) is 12.9. The van der Waals surface area contributed by atoms with Crippen LogP contribution in [-0.4, -0.2) is 61.2 Å². The molecule has 9 heteroatoms. The molecular weight excluding hydrogens is 501 g/mol. The van der Waals surface area contributed by atoms with E-state index in [1.807, 2.05) is 6.07 Å². The standard InChI is InChI=1S/C27H39Cl2N3O4/c1-9-11-23(30-25(19(2)3)21-14-13-20(28)18-22(21)29)35-17-16-32(26(34)36-27(4,5)6)15-10-12-24(33)31(7)8/h9-14,18-19,25,30H,1,15-17H2,2-8H3/b12-10+,23-11+. The van der Waals surface area contributed by atoms with Crippen molar-refractivity contribution in [3.8, 4) is 0 Å². The summed E-state index contributed by atoms with van der Waals surface area (Å²) in [6, 6.07) is 5.24. The van der Waals surface area contributed by atoms with E-state index >= 15 is 0 Å². The second-order valence-corrected chi connectivity index (χ2v) is 10.6. The van der Waals surface area contributed by atoms with Crippen LogP contribution in [0.2, 0.25) is 10.0 Å². The van der Waals surface area contributed by atoms with Gasteiger partial charge in [-0.15, -0.1) is 0 Å². The number of allylic oxidation sites excluding steroid dienone is 2. The van der Waals surface area contributed by atoms with Crippen molar-refractivity contribution in [1.29, 1.82) is 0 Å². The molecule has 0 aliphatic heterocycles. The minimum absolute atomic E-state index is 0.150. The van der Waals surface area contributed by atoms with Gasteiger partial charge in [-0.05, 0) is 50.5 Å². The van der Waals surface area contributed by atoms with Crippen LogP contribution in [0, 0.1) is 5.92 Å². The number of carbonyl (C=O) groups excluding carboxylic acids is 2. The second kappa shape index (κ2) is 14.8. The highest BCUT2D eigenvalue weighted by Crippen LogP contribution is 2.31. The molecule has 1 aromatic rings. The van der Waals surface area contributed by atoms with Crippen molar-refractivity contribution in [2.24, 2.45) is 5.92 Å². The molecule has 7 nitrogen and oxygen atoms in total. The lowest BCUT2D eigenvalue weighted by Gasteiger charge is -2.28. The Morgan fingerprint density at radius 2 is 1.86 bits per heavy atom. The highest BCUT2D eigenvalue weighted by molar-refractivity contribution is 6.35. The summed E-state index contributed by atoms with van der Waals surface area (Å²) in [5.74, 6) is 0.492. The van der Waals surface area contributed by atoms with Crippen molar-refractivity contribution in [3.05, 3.63) is 70.6 Å². The highest BCUT2D eigenvalue weighted by atomic mass is 35.5. The van der Waals surface area contributed by atoms with Gasteiger partial charge in [0.2, 0.25) is 5.91 Å². The minimum atomic E-state index is -0.656. The topological polar surface area (TPSA) is 71.1 Å². The van der Waals surface area contributed by atoms with Crippen LogP contribution in [0.25, 0.3) is 0 Å². The van der Waals surface area contributed by atoms with Crippen LogP contribution < -0.4 is 5.32 Å². The van der Waals surface area contributed by atoms with Crippen LogP contribution in [0.5, 0.6) is 0 Å². The van der Waals surface area contributed by atoms with E-state index in [0.29, 0.717) is 15.9 Å². The Bertz CT molecular complexity index is 953. The van der Waals surface area contributed by atoms with Gasteiger partial charge in [-0.25, -0.2) is 4.79 Å². The number of halogens is 2. The Morgan fingerprint density at radius 1 is 1.19 bits per heavy atom. The maximum atomic E-state index is 12.7. The first-order valence-electron chi connectivity index (χ1n) is 11.8. The van der Waals surface area contributed by atoms with E-state index in [0.717, 1.165) is 5.56 Å². The molecule has 1 unspecified atom stereocenters. The van der Waals surface area contributed by atoms with Crippen LogP contribution in [0.4, 0.5) is 4.79 Å². The lowest BCUT2D eigenvalue weighted by Crippen LogP contribution is -2.39. The first-order valence-corrected chi connectivity index (χ1v) is 12.5. The molecule has 0 aromatic heterocycles. The molecule has 1 N–H and O–H groups in total. The maximum Gasteiger partial charge on any atom is 0.410 e. The third-order valence-corrected chi connectivity index (χ3v) is 5.39. The Balaban J connectivity index is 2.95. The number of likely N-dealkylation sites (N-methyl/N-ethyl adjacent to an activating group) is 1. The fourth-order valence-corrected chi connectivity index (χ4v) is 3.56. The molecule has 1 rings (SSSR count). The molecule has 0 saturated carbocycles. The zero-order valence-corrected chi connectivity index (χ0v) is 23.8. The predicted octanol–water partition coefficient (Wildman–Crippen LogP) is 6.21. The SMILES string of the molecule is C=C/C=C(\NC(c1ccc(Cl)cc1Cl)C(C)C)OCCN(C/C=C/C(=O)N(C)C)C(=O)OC(C)(C)C. The van der Waals surface area contributed by atoms with Gasteiger partial charge in [0, 0.05) is 36.8 Å². The molecule has 200 valence electrons. The summed E-state index contributed by atoms with van der Waals surface area (Å²) in [4.78, 5) is 27.5. The van der Waals surface area contributed by atoms with E-state index in [1.54, 1.807) is 65.2 Å². The maximum absolute atomic E-state index is 12.7. The van der Waals surface area contributed by atoms with Gasteiger partial charge in [0.25, 0.3) is 0 Å². The van der Waals surface area contributed by atoms with Gasteiger partial charge in [-0.1, -0.05) is 61.8 Å². The minimum Gasteiger partial charge on any atom is -0.477 e. The molecule has 0 heterocycles. The Morgan fingerprint density at radius 3 is 2.39 bits per heavy atom. The lowest BCUT2D eigenvalue weighted by molar-refractivity contribution is -0.123. The van der Waals surface area contributed by atoms with Crippen LogP contribution in [0.3, 0.4) is 0 Å². The van der Waals surface area contributed by atoms with Gasteiger partial charge in [0.05, 0.1) is 12.6 Å². The Labute approximate surface area is 225 Å². The van der Waals surface area contributed by atoms with Gasteiger partial charge in [0.1, 0.15) is 12.2 Å². The zero-order valence-electron chi connectivity index (χ0n) is 22.3. The number of benzene rings is 1. The van der Waals surface area contributed by atoms with E-state index < -0.39 is 11.7 Å². The molecular formula is C27H39Cl2N3O4. The summed E-state index contributed by atoms with van der Waals surface area (Å²) >= 11 is 12.5. The molecule has 0 saturated heterocycles. The number of nitrogens with zero attached hydrogens (tertiary/aromatic N) is 2. The van der Waals surface area contributed by atoms with E-state index in [9.17, 15) is 9.59 Å². The number of nitrogens with one attached hydrogen (secondary N) is 1. The average molecular weight is 541 g/mol. The van der Waals surface area contributed by atoms with Crippen LogP contribution >= 0.6 is 23.2 Å². The van der Waals surface area contributed by atoms with Gasteiger partial charge in [-0.2, -0.15) is 0 Å². The van der Waals surface area contributed by atoms with Crippen molar-refractivity contribution in [1.82, 2.24) is 15.1 Å². The summed E-state index contributed by atoms with van der Waals surface area (Å²) in [6.45, 7) is 13.9. The van der Waals surface area contributed by atoms with E-state index in [4.69, 9.17) is 32.7 Å². The largest absolute Gasteiger partial charge is 0.477 e. The van der Waals surface area contributed by atoms with Crippen molar-refractivity contribution in [3.63, 3.8) is 0 Å². The van der Waals surface area contributed by atoms with E-state index in [1.165, 1.54) is 15.9 Å². The van der Waals surface area contributed by atoms with Gasteiger partial charge in [-0.3, -0.25) is 4.79 Å². The number of ether oxygens (including phenoxy) is 2. The monoisotopic (exact) mass is 539 g/mol. The molecule has 0 fully saturated rings. The first kappa shape index (κ1) is 31.4. The van der Waals surface area contributed by atoms with Crippen molar-refractivity contribution in [2.75, 3.05) is 33.8 Å². The quantitative estimate of drug-likeness (QED) is 0.194. The number of hydrogen-bond donors (Lipinski definition) is 1. The Hall–Kier alpha value is -2.64. The van der Waals surface area contributed by atoms with Crippen LogP contribution in [0.1, 0.15) is 46.2 Å². The highest BCUT2D eigenvalue weighted by Gasteiger charge is 2.23. The summed E-state index contributed by atoms with van der Waals surface area (Å²) in [7, 11) is 3.32. The summed E-state index contributed by atoms with van der Waals surface area (Å²) < 4.78 is 11.5. The normalized spacial score (nSPS) is 12.9. The van der Waals surface area contributed by atoms with Gasteiger partial charge in [0.15, 0.2) is 5.88 Å². The molecule has 36 heavy (non-hydrogen) atoms. The van der Waals surface area contributed by atoms with Gasteiger partial charge >= 0.3 is 6.09 Å². The number of hydrogen-bond acceptors (Lipinski definition) is 5. The third-order valence-electron chi connectivity index (χ3n) is 4.83. The fraction of sp³-hybridized carbons (Fsp3) is 0.481. The van der Waals surface area contributed by atoms with E-state index in [-0.39, 0.29) is 37.6 Å². The molecule has 0 aliphatic carbocycles. The molecule has 0 spiro atoms. The van der Waals surface area contributed by atoms with E-state index in [2.05, 4.69) is 25.7 Å². The molecule has 1 atom stereocenters. The fourth-order valence-electron chi connectivity index (χ4n) is 3.03. The molecule has 0 aliphatic rings. The first-order chi connectivity index (χ1) is 16.7. The molecule has 0 radical (unpaired) electrons. The second-order valence-electron chi connectivity index (χ2n) is 9.71. The van der Waals surface area contributed by atoms with Crippen LogP contribution in [0.15, 0.2) is 55.0 Å². The molecule has 2 amide bonds. The number of rotatable bonds is 12. The van der Waals surface area contributed by atoms with Crippen LogP contribution in [-0.2, 0) is 14.3 Å². The van der Waals surface area contributed by atoms with Crippen molar-refractivity contribution < 1.29 is 19.1 Å².